The number of hydrogen-bond donors (Lipinski definition) is 0. The zero-order valence-corrected chi connectivity index (χ0v) is 10.6. The summed E-state index contributed by atoms with van der Waals surface area (Å²) in [7, 11) is 0. The van der Waals surface area contributed by atoms with Crippen LogP contribution in [0, 0.1) is 11.3 Å². The largest absolute Gasteiger partial charge is 0.239 e. The fourth-order valence-corrected chi connectivity index (χ4v) is 2.03. The topological polar surface area (TPSA) is 54.5 Å². The van der Waals surface area contributed by atoms with Gasteiger partial charge in [-0.2, -0.15) is 5.26 Å². The molecular formula is C12H9BrN4. The van der Waals surface area contributed by atoms with Crippen molar-refractivity contribution < 1.29 is 0 Å². The van der Waals surface area contributed by atoms with Crippen molar-refractivity contribution in [3.8, 4) is 17.3 Å². The van der Waals surface area contributed by atoms with E-state index in [0.29, 0.717) is 17.9 Å². The average molecular weight is 289 g/mol. The molecule has 5 heteroatoms. The summed E-state index contributed by atoms with van der Waals surface area (Å²) < 4.78 is 2.56. The van der Waals surface area contributed by atoms with E-state index in [2.05, 4.69) is 38.9 Å². The first kappa shape index (κ1) is 11.6. The third-order valence-corrected chi connectivity index (χ3v) is 2.96. The molecule has 0 atom stereocenters. The molecule has 0 radical (unpaired) electrons. The Morgan fingerprint density at radius 3 is 2.88 bits per heavy atom. The molecule has 84 valence electrons. The molecule has 4 nitrogen and oxygen atoms in total. The van der Waals surface area contributed by atoms with Gasteiger partial charge in [0, 0.05) is 10.0 Å². The first-order chi connectivity index (χ1) is 8.27. The van der Waals surface area contributed by atoms with Crippen LogP contribution in [0.1, 0.15) is 5.69 Å². The Bertz CT molecular complexity index is 595. The Morgan fingerprint density at radius 2 is 2.24 bits per heavy atom. The number of aromatic nitrogens is 3. The molecule has 2 rings (SSSR count). The summed E-state index contributed by atoms with van der Waals surface area (Å²) in [6.45, 7) is 4.18. The van der Waals surface area contributed by atoms with E-state index < -0.39 is 0 Å². The molecule has 0 aliphatic heterocycles. The minimum atomic E-state index is 0.318. The van der Waals surface area contributed by atoms with E-state index in [4.69, 9.17) is 5.26 Å². The molecule has 0 aliphatic rings. The van der Waals surface area contributed by atoms with Crippen molar-refractivity contribution >= 4 is 15.9 Å². The molecular weight excluding hydrogens is 280 g/mol. The molecule has 0 aliphatic carbocycles. The second-order valence-corrected chi connectivity index (χ2v) is 4.20. The summed E-state index contributed by atoms with van der Waals surface area (Å²) in [4.78, 5) is 0. The minimum absolute atomic E-state index is 0.318. The van der Waals surface area contributed by atoms with Crippen LogP contribution in [-0.2, 0) is 6.54 Å². The number of benzene rings is 1. The number of rotatable bonds is 3. The lowest BCUT2D eigenvalue weighted by molar-refractivity contribution is 0.668. The van der Waals surface area contributed by atoms with Crippen molar-refractivity contribution in [1.29, 1.82) is 5.26 Å². The van der Waals surface area contributed by atoms with Gasteiger partial charge in [0.25, 0.3) is 0 Å². The Kier molecular flexibility index (Phi) is 3.35. The molecule has 0 N–H and O–H groups in total. The third kappa shape index (κ3) is 2.12. The highest BCUT2D eigenvalue weighted by Gasteiger charge is 2.15. The highest BCUT2D eigenvalue weighted by atomic mass is 79.9. The van der Waals surface area contributed by atoms with Crippen molar-refractivity contribution in [3.63, 3.8) is 0 Å². The fourth-order valence-electron chi connectivity index (χ4n) is 1.56. The highest BCUT2D eigenvalue weighted by Crippen LogP contribution is 2.29. The summed E-state index contributed by atoms with van der Waals surface area (Å²) in [5, 5.41) is 16.8. The summed E-state index contributed by atoms with van der Waals surface area (Å²) in [6, 6.07) is 9.72. The van der Waals surface area contributed by atoms with Gasteiger partial charge in [0.1, 0.15) is 11.8 Å². The lowest BCUT2D eigenvalue weighted by Crippen LogP contribution is -2.01. The molecule has 17 heavy (non-hydrogen) atoms. The average Bonchev–Trinajstić information content (AvgIpc) is 2.73. The fraction of sp³-hybridized carbons (Fsp3) is 0.0833. The van der Waals surface area contributed by atoms with E-state index in [9.17, 15) is 0 Å². The number of halogens is 1. The number of hydrogen-bond acceptors (Lipinski definition) is 3. The van der Waals surface area contributed by atoms with Gasteiger partial charge in [0.05, 0.1) is 6.54 Å². The van der Waals surface area contributed by atoms with Gasteiger partial charge in [-0.1, -0.05) is 45.4 Å². The van der Waals surface area contributed by atoms with Crippen LogP contribution in [0.15, 0.2) is 41.4 Å². The summed E-state index contributed by atoms with van der Waals surface area (Å²) in [5.74, 6) is 0. The summed E-state index contributed by atoms with van der Waals surface area (Å²) in [6.07, 6.45) is 1.72. The minimum Gasteiger partial charge on any atom is -0.239 e. The zero-order chi connectivity index (χ0) is 12.3. The van der Waals surface area contributed by atoms with Gasteiger partial charge in [-0.05, 0) is 6.07 Å². The first-order valence-electron chi connectivity index (χ1n) is 4.97. The van der Waals surface area contributed by atoms with Crippen LogP contribution in [-0.4, -0.2) is 15.0 Å². The lowest BCUT2D eigenvalue weighted by atomic mass is 10.1. The van der Waals surface area contributed by atoms with E-state index in [1.54, 1.807) is 10.8 Å². The van der Waals surface area contributed by atoms with Crippen LogP contribution in [0.25, 0.3) is 11.3 Å². The van der Waals surface area contributed by atoms with Crippen LogP contribution < -0.4 is 0 Å². The third-order valence-electron chi connectivity index (χ3n) is 2.27. The molecule has 1 aromatic heterocycles. The number of allylic oxidation sites excluding steroid dienone is 1. The van der Waals surface area contributed by atoms with Gasteiger partial charge < -0.3 is 0 Å². The molecule has 0 unspecified atom stereocenters. The van der Waals surface area contributed by atoms with Gasteiger partial charge in [-0.25, -0.2) is 4.68 Å². The Labute approximate surface area is 107 Å². The molecule has 0 saturated carbocycles. The zero-order valence-electron chi connectivity index (χ0n) is 8.97. The molecule has 0 spiro atoms. The SMILES string of the molecule is C=CCn1nnc(C#N)c1-c1ccccc1Br. The van der Waals surface area contributed by atoms with Crippen LogP contribution in [0.5, 0.6) is 0 Å². The molecule has 0 saturated heterocycles. The Morgan fingerprint density at radius 1 is 1.47 bits per heavy atom. The highest BCUT2D eigenvalue weighted by molar-refractivity contribution is 9.10. The van der Waals surface area contributed by atoms with Crippen molar-refractivity contribution in [3.05, 3.63) is 47.1 Å². The van der Waals surface area contributed by atoms with E-state index >= 15 is 0 Å². The maximum atomic E-state index is 9.05. The summed E-state index contributed by atoms with van der Waals surface area (Å²) in [5.41, 5.74) is 1.93. The van der Waals surface area contributed by atoms with Crippen molar-refractivity contribution in [1.82, 2.24) is 15.0 Å². The van der Waals surface area contributed by atoms with Crippen LogP contribution in [0.4, 0.5) is 0 Å². The van der Waals surface area contributed by atoms with Crippen molar-refractivity contribution in [2.75, 3.05) is 0 Å². The monoisotopic (exact) mass is 288 g/mol. The molecule has 2 aromatic rings. The lowest BCUT2D eigenvalue weighted by Gasteiger charge is -2.06. The Hall–Kier alpha value is -1.93. The maximum absolute atomic E-state index is 9.05. The quantitative estimate of drug-likeness (QED) is 0.816. The van der Waals surface area contributed by atoms with E-state index in [0.717, 1.165) is 10.0 Å². The van der Waals surface area contributed by atoms with Gasteiger partial charge in [-0.3, -0.25) is 0 Å². The first-order valence-corrected chi connectivity index (χ1v) is 5.76. The Balaban J connectivity index is 2.65. The van der Waals surface area contributed by atoms with Gasteiger partial charge in [0.2, 0.25) is 0 Å². The van der Waals surface area contributed by atoms with Crippen molar-refractivity contribution in [2.45, 2.75) is 6.54 Å². The van der Waals surface area contributed by atoms with Gasteiger partial charge in [0.15, 0.2) is 5.69 Å². The molecule has 0 amide bonds. The van der Waals surface area contributed by atoms with Crippen molar-refractivity contribution in [2.24, 2.45) is 0 Å². The molecule has 0 fully saturated rings. The predicted molar refractivity (Wildman–Crippen MR) is 68.1 cm³/mol. The molecule has 1 aromatic carbocycles. The smallest absolute Gasteiger partial charge is 0.190 e. The van der Waals surface area contributed by atoms with E-state index in [-0.39, 0.29) is 0 Å². The number of nitrogens with zero attached hydrogens (tertiary/aromatic N) is 4. The summed E-state index contributed by atoms with van der Waals surface area (Å²) >= 11 is 3.46. The predicted octanol–water partition coefficient (Wildman–Crippen LogP) is 2.77. The van der Waals surface area contributed by atoms with Crippen LogP contribution in [0.2, 0.25) is 0 Å². The second-order valence-electron chi connectivity index (χ2n) is 3.35. The number of nitriles is 1. The maximum Gasteiger partial charge on any atom is 0.190 e. The molecule has 1 heterocycles. The second kappa shape index (κ2) is 4.93. The van der Waals surface area contributed by atoms with Crippen LogP contribution in [0.3, 0.4) is 0 Å². The van der Waals surface area contributed by atoms with E-state index in [1.807, 2.05) is 24.3 Å². The van der Waals surface area contributed by atoms with E-state index in [1.165, 1.54) is 0 Å². The molecule has 0 bridgehead atoms. The normalized spacial score (nSPS) is 9.88. The van der Waals surface area contributed by atoms with Gasteiger partial charge in [-0.15, -0.1) is 11.7 Å². The standard InChI is InChI=1S/C12H9BrN4/c1-2-7-17-12(11(8-14)15-16-17)9-5-3-4-6-10(9)13/h2-6H,1,7H2. The van der Waals surface area contributed by atoms with Crippen LogP contribution >= 0.6 is 15.9 Å². The van der Waals surface area contributed by atoms with Gasteiger partial charge >= 0.3 is 0 Å².